The fraction of sp³-hybridized carbons (Fsp3) is 0.333. The van der Waals surface area contributed by atoms with Crippen molar-refractivity contribution in [3.8, 4) is 0 Å². The van der Waals surface area contributed by atoms with Crippen LogP contribution in [0, 0.1) is 0 Å². The van der Waals surface area contributed by atoms with Crippen LogP contribution < -0.4 is 5.32 Å². The van der Waals surface area contributed by atoms with Gasteiger partial charge in [0.25, 0.3) is 0 Å². The van der Waals surface area contributed by atoms with Crippen LogP contribution >= 0.6 is 11.6 Å². The smallest absolute Gasteiger partial charge is 0.117 e. The summed E-state index contributed by atoms with van der Waals surface area (Å²) in [7, 11) is 0. The fourth-order valence-corrected chi connectivity index (χ4v) is 4.94. The van der Waals surface area contributed by atoms with E-state index in [9.17, 15) is 0 Å². The number of aromatic nitrogens is 2. The van der Waals surface area contributed by atoms with Gasteiger partial charge in [0.2, 0.25) is 0 Å². The number of nitrogens with zero attached hydrogens (tertiary/aromatic N) is 4. The van der Waals surface area contributed by atoms with E-state index in [1.807, 2.05) is 48.9 Å². The Morgan fingerprint density at radius 2 is 1.88 bits per heavy atom. The summed E-state index contributed by atoms with van der Waals surface area (Å²) in [5.74, 6) is 1.02. The van der Waals surface area contributed by atoms with Gasteiger partial charge in [-0.1, -0.05) is 11.6 Å². The molecule has 34 heavy (non-hydrogen) atoms. The first kappa shape index (κ1) is 22.8. The number of hydrogen-bond donors (Lipinski definition) is 1. The number of likely N-dealkylation sites (tertiary alicyclic amines) is 1. The number of benzene rings is 1. The predicted molar refractivity (Wildman–Crippen MR) is 137 cm³/mol. The third-order valence-corrected chi connectivity index (χ3v) is 6.83. The average Bonchev–Trinajstić information content (AvgIpc) is 3.38. The molecule has 4 aromatic rings. The molecule has 0 saturated carbocycles. The fourth-order valence-electron chi connectivity index (χ4n) is 4.77. The van der Waals surface area contributed by atoms with Crippen LogP contribution in [-0.2, 0) is 13.1 Å². The first-order chi connectivity index (χ1) is 16.7. The second kappa shape index (κ2) is 11.0. The predicted octanol–water partition coefficient (Wildman–Crippen LogP) is 5.45. The lowest BCUT2D eigenvalue weighted by atomic mass is 10.0. The van der Waals surface area contributed by atoms with Crippen molar-refractivity contribution in [2.45, 2.75) is 32.0 Å². The van der Waals surface area contributed by atoms with Gasteiger partial charge in [0, 0.05) is 60.4 Å². The van der Waals surface area contributed by atoms with Crippen LogP contribution in [0.25, 0.3) is 10.9 Å². The highest BCUT2D eigenvalue weighted by atomic mass is 35.5. The van der Waals surface area contributed by atoms with E-state index in [1.165, 1.54) is 5.56 Å². The summed E-state index contributed by atoms with van der Waals surface area (Å²) in [6.45, 7) is 5.87. The molecule has 3 aromatic heterocycles. The molecule has 6 nitrogen and oxygen atoms in total. The van der Waals surface area contributed by atoms with Crippen LogP contribution in [0.5, 0.6) is 0 Å². The quantitative estimate of drug-likeness (QED) is 0.347. The van der Waals surface area contributed by atoms with Gasteiger partial charge in [0.15, 0.2) is 0 Å². The molecule has 7 heteroatoms. The zero-order valence-corrected chi connectivity index (χ0v) is 20.0. The van der Waals surface area contributed by atoms with E-state index in [0.29, 0.717) is 11.1 Å². The summed E-state index contributed by atoms with van der Waals surface area (Å²) in [5, 5.41) is 5.42. The maximum Gasteiger partial charge on any atom is 0.117 e. The number of fused-ring (bicyclic) bond motifs is 1. The number of furan rings is 1. The highest BCUT2D eigenvalue weighted by Gasteiger charge is 2.25. The molecule has 1 saturated heterocycles. The van der Waals surface area contributed by atoms with Crippen LogP contribution in [0.1, 0.15) is 24.2 Å². The Balaban J connectivity index is 1.15. The number of rotatable bonds is 9. The SMILES string of the molecule is Clc1ccc2c(NCCN3CCC(N(Cc4ccncc4)Cc4ccco4)CC3)ccnc2c1. The van der Waals surface area contributed by atoms with Crippen molar-refractivity contribution in [3.63, 3.8) is 0 Å². The molecule has 1 fully saturated rings. The van der Waals surface area contributed by atoms with Gasteiger partial charge in [0.1, 0.15) is 5.76 Å². The minimum Gasteiger partial charge on any atom is -0.468 e. The molecule has 0 aliphatic carbocycles. The number of piperidine rings is 1. The Kier molecular flexibility index (Phi) is 7.39. The lowest BCUT2D eigenvalue weighted by Gasteiger charge is -2.38. The van der Waals surface area contributed by atoms with Crippen molar-refractivity contribution < 1.29 is 4.42 Å². The third kappa shape index (κ3) is 5.76. The van der Waals surface area contributed by atoms with Crippen LogP contribution in [0.15, 0.2) is 77.8 Å². The molecule has 1 aromatic carbocycles. The zero-order chi connectivity index (χ0) is 23.2. The second-order valence-corrected chi connectivity index (χ2v) is 9.30. The summed E-state index contributed by atoms with van der Waals surface area (Å²) in [6.07, 6.45) is 9.65. The highest BCUT2D eigenvalue weighted by molar-refractivity contribution is 6.31. The van der Waals surface area contributed by atoms with Gasteiger partial charge in [-0.25, -0.2) is 0 Å². The van der Waals surface area contributed by atoms with Crippen LogP contribution in [0.4, 0.5) is 5.69 Å². The Morgan fingerprint density at radius 3 is 2.68 bits per heavy atom. The lowest BCUT2D eigenvalue weighted by Crippen LogP contribution is -2.45. The molecule has 176 valence electrons. The van der Waals surface area contributed by atoms with E-state index in [-0.39, 0.29) is 0 Å². The van der Waals surface area contributed by atoms with E-state index in [1.54, 1.807) is 6.26 Å². The molecule has 1 aliphatic rings. The number of halogens is 1. The van der Waals surface area contributed by atoms with Crippen LogP contribution in [0.2, 0.25) is 5.02 Å². The molecule has 0 atom stereocenters. The van der Waals surface area contributed by atoms with E-state index in [2.05, 4.69) is 43.3 Å². The summed E-state index contributed by atoms with van der Waals surface area (Å²) < 4.78 is 5.66. The summed E-state index contributed by atoms with van der Waals surface area (Å²) in [4.78, 5) is 13.7. The number of pyridine rings is 2. The minimum absolute atomic E-state index is 0.538. The third-order valence-electron chi connectivity index (χ3n) is 6.60. The Bertz CT molecular complexity index is 1180. The van der Waals surface area contributed by atoms with E-state index < -0.39 is 0 Å². The maximum absolute atomic E-state index is 6.12. The highest BCUT2D eigenvalue weighted by Crippen LogP contribution is 2.25. The normalized spacial score (nSPS) is 15.2. The lowest BCUT2D eigenvalue weighted by molar-refractivity contribution is 0.0925. The standard InChI is InChI=1S/C27H30ClN5O/c28-22-3-4-25-26(7-12-30-27(25)18-22)31-13-16-32-14-8-23(9-15-32)33(20-24-2-1-17-34-24)19-21-5-10-29-11-6-21/h1-7,10-12,17-18,23H,8-9,13-16,19-20H2,(H,30,31). The van der Waals surface area contributed by atoms with Gasteiger partial charge < -0.3 is 14.6 Å². The van der Waals surface area contributed by atoms with Crippen molar-refractivity contribution in [2.24, 2.45) is 0 Å². The summed E-state index contributed by atoms with van der Waals surface area (Å²) in [5.41, 5.74) is 3.32. The van der Waals surface area contributed by atoms with Crippen LogP contribution in [-0.4, -0.2) is 52.0 Å². The maximum atomic E-state index is 6.12. The molecule has 5 rings (SSSR count). The molecule has 0 bridgehead atoms. The van der Waals surface area contributed by atoms with E-state index in [0.717, 1.165) is 74.5 Å². The Hall–Kier alpha value is -2.93. The molecule has 1 N–H and O–H groups in total. The molecule has 0 spiro atoms. The molecule has 0 amide bonds. The first-order valence-corrected chi connectivity index (χ1v) is 12.3. The van der Waals surface area contributed by atoms with Crippen molar-refractivity contribution in [1.82, 2.24) is 19.8 Å². The minimum atomic E-state index is 0.538. The Morgan fingerprint density at radius 1 is 1.03 bits per heavy atom. The van der Waals surface area contributed by atoms with E-state index in [4.69, 9.17) is 16.0 Å². The van der Waals surface area contributed by atoms with Crippen molar-refractivity contribution in [3.05, 3.63) is 89.7 Å². The largest absolute Gasteiger partial charge is 0.468 e. The molecule has 0 unspecified atom stereocenters. The summed E-state index contributed by atoms with van der Waals surface area (Å²) >= 11 is 6.12. The topological polar surface area (TPSA) is 57.4 Å². The van der Waals surface area contributed by atoms with Crippen molar-refractivity contribution in [1.29, 1.82) is 0 Å². The molecular weight excluding hydrogens is 446 g/mol. The monoisotopic (exact) mass is 475 g/mol. The van der Waals surface area contributed by atoms with Gasteiger partial charge in [-0.15, -0.1) is 0 Å². The van der Waals surface area contributed by atoms with Gasteiger partial charge >= 0.3 is 0 Å². The van der Waals surface area contributed by atoms with Gasteiger partial charge in [-0.05, 0) is 80.0 Å². The number of nitrogens with one attached hydrogen (secondary N) is 1. The van der Waals surface area contributed by atoms with Gasteiger partial charge in [0.05, 0.1) is 18.3 Å². The second-order valence-electron chi connectivity index (χ2n) is 8.86. The first-order valence-electron chi connectivity index (χ1n) is 11.9. The summed E-state index contributed by atoms with van der Waals surface area (Å²) in [6, 6.07) is 16.7. The molecule has 1 aliphatic heterocycles. The number of hydrogen-bond acceptors (Lipinski definition) is 6. The zero-order valence-electron chi connectivity index (χ0n) is 19.2. The van der Waals surface area contributed by atoms with E-state index >= 15 is 0 Å². The molecular formula is C27H30ClN5O. The number of anilines is 1. The van der Waals surface area contributed by atoms with Crippen molar-refractivity contribution in [2.75, 3.05) is 31.5 Å². The van der Waals surface area contributed by atoms with Gasteiger partial charge in [-0.2, -0.15) is 0 Å². The molecule has 0 radical (unpaired) electrons. The van der Waals surface area contributed by atoms with Gasteiger partial charge in [-0.3, -0.25) is 14.9 Å². The van der Waals surface area contributed by atoms with Crippen LogP contribution in [0.3, 0.4) is 0 Å². The molecule has 4 heterocycles. The average molecular weight is 476 g/mol. The van der Waals surface area contributed by atoms with Crippen molar-refractivity contribution >= 4 is 28.2 Å². The Labute approximate surface area is 205 Å².